The van der Waals surface area contributed by atoms with Gasteiger partial charge < -0.3 is 5.32 Å². The predicted octanol–water partition coefficient (Wildman–Crippen LogP) is 1.82. The molecule has 2 aromatic carbocycles. The number of benzene rings is 2. The van der Waals surface area contributed by atoms with Crippen LogP contribution in [0, 0.1) is 0 Å². The number of carbonyl (C=O) groups excluding carboxylic acids is 1. The van der Waals surface area contributed by atoms with Crippen molar-refractivity contribution in [2.75, 3.05) is 0 Å². The molecule has 0 aliphatic heterocycles. The zero-order valence-electron chi connectivity index (χ0n) is 10.8. The van der Waals surface area contributed by atoms with Gasteiger partial charge in [0.25, 0.3) is 0 Å². The second-order valence-corrected chi connectivity index (χ2v) is 4.57. The molecule has 3 rings (SSSR count). The highest BCUT2D eigenvalue weighted by molar-refractivity contribution is 5.85. The molecule has 5 heteroatoms. The van der Waals surface area contributed by atoms with Crippen molar-refractivity contribution in [1.29, 1.82) is 0 Å². The smallest absolute Gasteiger partial charge is 0.224 e. The van der Waals surface area contributed by atoms with E-state index in [2.05, 4.69) is 26.6 Å². The summed E-state index contributed by atoms with van der Waals surface area (Å²) >= 11 is 0. The molecule has 0 fully saturated rings. The van der Waals surface area contributed by atoms with Gasteiger partial charge in [-0.15, -0.1) is 0 Å². The van der Waals surface area contributed by atoms with E-state index in [-0.39, 0.29) is 5.91 Å². The van der Waals surface area contributed by atoms with Gasteiger partial charge in [-0.1, -0.05) is 42.5 Å². The monoisotopic (exact) mass is 266 g/mol. The number of amides is 1. The van der Waals surface area contributed by atoms with E-state index in [0.717, 1.165) is 10.9 Å². The maximum atomic E-state index is 11.9. The van der Waals surface area contributed by atoms with E-state index in [1.54, 1.807) is 0 Å². The minimum absolute atomic E-state index is 0.0309. The number of hydrogen-bond donors (Lipinski definition) is 2. The molecule has 1 aromatic heterocycles. The maximum Gasteiger partial charge on any atom is 0.224 e. The molecule has 0 saturated heterocycles. The molecule has 0 spiro atoms. The fourth-order valence-electron chi connectivity index (χ4n) is 2.09. The first-order valence-corrected chi connectivity index (χ1v) is 6.40. The molecule has 5 nitrogen and oxygen atoms in total. The van der Waals surface area contributed by atoms with Crippen molar-refractivity contribution >= 4 is 16.7 Å². The number of carbonyl (C=O) groups is 1. The summed E-state index contributed by atoms with van der Waals surface area (Å²) in [6.45, 7) is 0.367. The van der Waals surface area contributed by atoms with Crippen LogP contribution in [0.5, 0.6) is 0 Å². The van der Waals surface area contributed by atoms with Gasteiger partial charge in [0.1, 0.15) is 12.2 Å². The summed E-state index contributed by atoms with van der Waals surface area (Å²) in [5.41, 5.74) is 0.999. The fourth-order valence-corrected chi connectivity index (χ4v) is 2.09. The Labute approximate surface area is 116 Å². The van der Waals surface area contributed by atoms with Crippen LogP contribution in [-0.2, 0) is 17.8 Å². The molecular weight excluding hydrogens is 252 g/mol. The first kappa shape index (κ1) is 12.3. The molecule has 100 valence electrons. The second-order valence-electron chi connectivity index (χ2n) is 4.57. The van der Waals surface area contributed by atoms with E-state index in [4.69, 9.17) is 0 Å². The van der Waals surface area contributed by atoms with Crippen LogP contribution < -0.4 is 5.32 Å². The summed E-state index contributed by atoms with van der Waals surface area (Å²) < 4.78 is 0. The molecule has 0 atom stereocenters. The quantitative estimate of drug-likeness (QED) is 0.756. The first-order valence-electron chi connectivity index (χ1n) is 6.40. The van der Waals surface area contributed by atoms with Gasteiger partial charge >= 0.3 is 0 Å². The van der Waals surface area contributed by atoms with Gasteiger partial charge in [0.15, 0.2) is 0 Å². The number of H-pyrrole nitrogens is 1. The molecule has 0 radical (unpaired) electrons. The lowest BCUT2D eigenvalue weighted by molar-refractivity contribution is -0.120. The normalized spacial score (nSPS) is 10.6. The van der Waals surface area contributed by atoms with Crippen LogP contribution in [0.3, 0.4) is 0 Å². The third-order valence-electron chi connectivity index (χ3n) is 3.10. The molecule has 20 heavy (non-hydrogen) atoms. The number of aromatic amines is 1. The van der Waals surface area contributed by atoms with E-state index in [9.17, 15) is 4.79 Å². The van der Waals surface area contributed by atoms with E-state index < -0.39 is 0 Å². The minimum atomic E-state index is -0.0309. The van der Waals surface area contributed by atoms with Crippen LogP contribution in [0.2, 0.25) is 0 Å². The third kappa shape index (κ3) is 2.83. The highest BCUT2D eigenvalue weighted by Crippen LogP contribution is 2.15. The van der Waals surface area contributed by atoms with Gasteiger partial charge in [0.05, 0.1) is 13.0 Å². The molecule has 3 aromatic rings. The van der Waals surface area contributed by atoms with Gasteiger partial charge in [0, 0.05) is 0 Å². The topological polar surface area (TPSA) is 70.7 Å². The van der Waals surface area contributed by atoms with Gasteiger partial charge in [-0.2, -0.15) is 5.10 Å². The molecule has 0 saturated carbocycles. The number of aromatic nitrogens is 3. The van der Waals surface area contributed by atoms with Crippen molar-refractivity contribution in [3.8, 4) is 0 Å². The summed E-state index contributed by atoms with van der Waals surface area (Å²) in [5.74, 6) is 0.619. The number of nitrogens with zero attached hydrogens (tertiary/aromatic N) is 2. The Morgan fingerprint density at radius 1 is 1.15 bits per heavy atom. The Balaban J connectivity index is 1.65. The summed E-state index contributed by atoms with van der Waals surface area (Å²) in [7, 11) is 0. The Bertz CT molecular complexity index is 722. The van der Waals surface area contributed by atoms with Crippen molar-refractivity contribution in [2.24, 2.45) is 0 Å². The predicted molar refractivity (Wildman–Crippen MR) is 75.9 cm³/mol. The number of hydrogen-bond acceptors (Lipinski definition) is 3. The first-order chi connectivity index (χ1) is 9.81. The standard InChI is InChI=1S/C15H14N4O/c20-15(16-9-14-17-10-18-19-14)8-11-5-6-12-3-1-2-4-13(12)7-11/h1-7,10H,8-9H2,(H,16,20)(H,17,18,19). The van der Waals surface area contributed by atoms with Crippen LogP contribution in [0.1, 0.15) is 11.4 Å². The average Bonchev–Trinajstić information content (AvgIpc) is 2.98. The van der Waals surface area contributed by atoms with Gasteiger partial charge in [-0.25, -0.2) is 4.98 Å². The van der Waals surface area contributed by atoms with E-state index in [1.807, 2.05) is 36.4 Å². The van der Waals surface area contributed by atoms with Gasteiger partial charge in [0.2, 0.25) is 5.91 Å². The third-order valence-corrected chi connectivity index (χ3v) is 3.10. The summed E-state index contributed by atoms with van der Waals surface area (Å²) in [5, 5.41) is 11.6. The number of fused-ring (bicyclic) bond motifs is 1. The lowest BCUT2D eigenvalue weighted by Crippen LogP contribution is -2.25. The maximum absolute atomic E-state index is 11.9. The highest BCUT2D eigenvalue weighted by atomic mass is 16.1. The molecule has 0 bridgehead atoms. The largest absolute Gasteiger partial charge is 0.349 e. The zero-order chi connectivity index (χ0) is 13.8. The Kier molecular flexibility index (Phi) is 3.41. The molecule has 2 N–H and O–H groups in total. The number of nitrogens with one attached hydrogen (secondary N) is 2. The number of rotatable bonds is 4. The molecule has 0 aliphatic carbocycles. The van der Waals surface area contributed by atoms with E-state index >= 15 is 0 Å². The van der Waals surface area contributed by atoms with Crippen molar-refractivity contribution in [2.45, 2.75) is 13.0 Å². The van der Waals surface area contributed by atoms with Gasteiger partial charge in [-0.05, 0) is 16.3 Å². The van der Waals surface area contributed by atoms with E-state index in [0.29, 0.717) is 18.8 Å². The Hall–Kier alpha value is -2.69. The minimum Gasteiger partial charge on any atom is -0.349 e. The molecule has 1 heterocycles. The molecular formula is C15H14N4O. The Morgan fingerprint density at radius 3 is 2.80 bits per heavy atom. The lowest BCUT2D eigenvalue weighted by Gasteiger charge is -2.05. The summed E-state index contributed by atoms with van der Waals surface area (Å²) in [6, 6.07) is 14.2. The zero-order valence-corrected chi connectivity index (χ0v) is 10.8. The highest BCUT2D eigenvalue weighted by Gasteiger charge is 2.05. The summed E-state index contributed by atoms with van der Waals surface area (Å²) in [6.07, 6.45) is 1.78. The van der Waals surface area contributed by atoms with Crippen molar-refractivity contribution in [1.82, 2.24) is 20.5 Å². The molecule has 0 unspecified atom stereocenters. The molecule has 0 aliphatic rings. The van der Waals surface area contributed by atoms with Crippen LogP contribution in [0.15, 0.2) is 48.8 Å². The van der Waals surface area contributed by atoms with Crippen molar-refractivity contribution in [3.05, 3.63) is 60.2 Å². The van der Waals surface area contributed by atoms with Crippen LogP contribution >= 0.6 is 0 Å². The molecule has 1 amide bonds. The second kappa shape index (κ2) is 5.52. The SMILES string of the molecule is O=C(Cc1ccc2ccccc2c1)NCc1ncn[nH]1. The van der Waals surface area contributed by atoms with Gasteiger partial charge in [-0.3, -0.25) is 9.89 Å². The lowest BCUT2D eigenvalue weighted by atomic mass is 10.1. The van der Waals surface area contributed by atoms with E-state index in [1.165, 1.54) is 11.7 Å². The van der Waals surface area contributed by atoms with Crippen LogP contribution in [-0.4, -0.2) is 21.1 Å². The van der Waals surface area contributed by atoms with Crippen molar-refractivity contribution in [3.63, 3.8) is 0 Å². The van der Waals surface area contributed by atoms with Crippen LogP contribution in [0.4, 0.5) is 0 Å². The van der Waals surface area contributed by atoms with Crippen LogP contribution in [0.25, 0.3) is 10.8 Å². The summed E-state index contributed by atoms with van der Waals surface area (Å²) in [4.78, 5) is 15.8. The fraction of sp³-hybridized carbons (Fsp3) is 0.133. The Morgan fingerprint density at radius 2 is 2.00 bits per heavy atom. The average molecular weight is 266 g/mol. The van der Waals surface area contributed by atoms with Crippen molar-refractivity contribution < 1.29 is 4.79 Å².